The summed E-state index contributed by atoms with van der Waals surface area (Å²) < 4.78 is 22.8. The Hall–Kier alpha value is -2.97. The van der Waals surface area contributed by atoms with Crippen LogP contribution in [-0.4, -0.2) is 48.2 Å². The molecule has 1 rings (SSSR count). The van der Waals surface area contributed by atoms with Gasteiger partial charge in [0.2, 0.25) is 5.91 Å². The van der Waals surface area contributed by atoms with E-state index in [1.54, 1.807) is 6.92 Å². The average Bonchev–Trinajstić information content (AvgIpc) is 2.58. The minimum absolute atomic E-state index is 0.0261. The molecule has 0 aliphatic heterocycles. The molecule has 148 valence electrons. The standard InChI is InChI=1S/C18H22FNO7/c1-3-26-15(22)10-13(18(25)27-4-2)16(17(23)24)20-14(21)9-11-6-5-7-12(19)8-11/h5-8,13,16H,3-4,9-10H2,1-2H3,(H,20,21)(H,23,24)/t13-,16-/m0/s1. The number of hydrogen-bond donors (Lipinski definition) is 2. The Morgan fingerprint density at radius 2 is 1.81 bits per heavy atom. The van der Waals surface area contributed by atoms with Crippen molar-refractivity contribution in [3.05, 3.63) is 35.6 Å². The van der Waals surface area contributed by atoms with Crippen molar-refractivity contribution < 1.29 is 38.1 Å². The molecule has 0 saturated heterocycles. The summed E-state index contributed by atoms with van der Waals surface area (Å²) in [6.07, 6.45) is -0.861. The van der Waals surface area contributed by atoms with E-state index in [9.17, 15) is 28.7 Å². The zero-order chi connectivity index (χ0) is 20.4. The van der Waals surface area contributed by atoms with Gasteiger partial charge in [0.25, 0.3) is 0 Å². The number of aliphatic carboxylic acids is 1. The zero-order valence-electron chi connectivity index (χ0n) is 15.1. The molecule has 2 N–H and O–H groups in total. The summed E-state index contributed by atoms with van der Waals surface area (Å²) in [6.45, 7) is 3.12. The van der Waals surface area contributed by atoms with Crippen LogP contribution in [0.4, 0.5) is 4.39 Å². The first-order chi connectivity index (χ1) is 12.8. The van der Waals surface area contributed by atoms with Crippen molar-refractivity contribution in [3.8, 4) is 0 Å². The normalized spacial score (nSPS) is 12.6. The van der Waals surface area contributed by atoms with Crippen LogP contribution in [0.5, 0.6) is 0 Å². The fourth-order valence-electron chi connectivity index (χ4n) is 2.38. The highest BCUT2D eigenvalue weighted by Crippen LogP contribution is 2.15. The fourth-order valence-corrected chi connectivity index (χ4v) is 2.38. The van der Waals surface area contributed by atoms with Gasteiger partial charge in [0, 0.05) is 0 Å². The SMILES string of the molecule is CCOC(=O)C[C@H](C(=O)OCC)[C@H](NC(=O)Cc1cccc(F)c1)C(=O)O. The minimum atomic E-state index is -1.70. The Kier molecular flexibility index (Phi) is 8.91. The number of carboxylic acids is 1. The largest absolute Gasteiger partial charge is 0.480 e. The molecule has 2 atom stereocenters. The number of benzene rings is 1. The molecule has 9 heteroatoms. The smallest absolute Gasteiger partial charge is 0.327 e. The van der Waals surface area contributed by atoms with Crippen LogP contribution in [-0.2, 0) is 35.1 Å². The van der Waals surface area contributed by atoms with Gasteiger partial charge in [0.15, 0.2) is 0 Å². The molecule has 8 nitrogen and oxygen atoms in total. The number of esters is 2. The van der Waals surface area contributed by atoms with Crippen molar-refractivity contribution in [2.75, 3.05) is 13.2 Å². The van der Waals surface area contributed by atoms with E-state index in [0.29, 0.717) is 5.56 Å². The Labute approximate surface area is 155 Å². The molecule has 0 fully saturated rings. The number of amides is 1. The van der Waals surface area contributed by atoms with E-state index in [1.807, 2.05) is 0 Å². The third-order valence-electron chi connectivity index (χ3n) is 3.52. The Morgan fingerprint density at radius 1 is 1.15 bits per heavy atom. The molecule has 1 amide bonds. The molecular weight excluding hydrogens is 361 g/mol. The van der Waals surface area contributed by atoms with Crippen molar-refractivity contribution in [2.24, 2.45) is 5.92 Å². The summed E-state index contributed by atoms with van der Waals surface area (Å²) in [5.41, 5.74) is 0.328. The van der Waals surface area contributed by atoms with Crippen LogP contribution < -0.4 is 5.32 Å². The number of hydrogen-bond acceptors (Lipinski definition) is 6. The Morgan fingerprint density at radius 3 is 2.37 bits per heavy atom. The lowest BCUT2D eigenvalue weighted by Gasteiger charge is -2.22. The molecule has 0 heterocycles. The summed E-state index contributed by atoms with van der Waals surface area (Å²) in [6, 6.07) is 3.55. The van der Waals surface area contributed by atoms with Crippen LogP contribution in [0.2, 0.25) is 0 Å². The number of carbonyl (C=O) groups is 4. The van der Waals surface area contributed by atoms with Crippen LogP contribution in [0.1, 0.15) is 25.8 Å². The monoisotopic (exact) mass is 383 g/mol. The number of carbonyl (C=O) groups excluding carboxylic acids is 3. The molecule has 1 aromatic rings. The maximum absolute atomic E-state index is 13.2. The molecule has 0 radical (unpaired) electrons. The fraction of sp³-hybridized carbons (Fsp3) is 0.444. The first kappa shape index (κ1) is 22.1. The summed E-state index contributed by atoms with van der Waals surface area (Å²) >= 11 is 0. The van der Waals surface area contributed by atoms with E-state index < -0.39 is 48.0 Å². The lowest BCUT2D eigenvalue weighted by atomic mass is 9.95. The van der Waals surface area contributed by atoms with E-state index in [1.165, 1.54) is 25.1 Å². The minimum Gasteiger partial charge on any atom is -0.480 e. The first-order valence-corrected chi connectivity index (χ1v) is 8.37. The van der Waals surface area contributed by atoms with Crippen LogP contribution in [0.3, 0.4) is 0 Å². The van der Waals surface area contributed by atoms with E-state index in [0.717, 1.165) is 6.07 Å². The number of halogens is 1. The lowest BCUT2D eigenvalue weighted by Crippen LogP contribution is -2.50. The van der Waals surface area contributed by atoms with Gasteiger partial charge < -0.3 is 19.9 Å². The van der Waals surface area contributed by atoms with Crippen LogP contribution in [0, 0.1) is 11.7 Å². The molecule has 27 heavy (non-hydrogen) atoms. The van der Waals surface area contributed by atoms with Gasteiger partial charge in [0.05, 0.1) is 32.0 Å². The summed E-state index contributed by atoms with van der Waals surface area (Å²) in [5, 5.41) is 11.6. The van der Waals surface area contributed by atoms with Gasteiger partial charge in [-0.3, -0.25) is 14.4 Å². The number of carboxylic acid groups (broad SMARTS) is 1. The van der Waals surface area contributed by atoms with Crippen molar-refractivity contribution in [2.45, 2.75) is 32.7 Å². The highest BCUT2D eigenvalue weighted by atomic mass is 19.1. The van der Waals surface area contributed by atoms with Crippen molar-refractivity contribution >= 4 is 23.8 Å². The highest BCUT2D eigenvalue weighted by molar-refractivity contribution is 5.91. The highest BCUT2D eigenvalue weighted by Gasteiger charge is 2.38. The van der Waals surface area contributed by atoms with E-state index in [-0.39, 0.29) is 19.6 Å². The van der Waals surface area contributed by atoms with Crippen molar-refractivity contribution in [1.29, 1.82) is 0 Å². The molecule has 0 bridgehead atoms. The molecule has 0 aliphatic carbocycles. The maximum atomic E-state index is 13.2. The molecule has 0 spiro atoms. The quantitative estimate of drug-likeness (QED) is 0.580. The molecule has 0 saturated carbocycles. The van der Waals surface area contributed by atoms with Crippen molar-refractivity contribution in [3.63, 3.8) is 0 Å². The van der Waals surface area contributed by atoms with Crippen LogP contribution in [0.25, 0.3) is 0 Å². The maximum Gasteiger partial charge on any atom is 0.327 e. The summed E-state index contributed by atoms with van der Waals surface area (Å²) in [4.78, 5) is 47.6. The lowest BCUT2D eigenvalue weighted by molar-refractivity contribution is -0.160. The van der Waals surface area contributed by atoms with Gasteiger partial charge >= 0.3 is 17.9 Å². The van der Waals surface area contributed by atoms with Gasteiger partial charge in [-0.05, 0) is 31.5 Å². The predicted molar refractivity (Wildman–Crippen MR) is 91.0 cm³/mol. The molecular formula is C18H22FNO7. The topological polar surface area (TPSA) is 119 Å². The summed E-state index contributed by atoms with van der Waals surface area (Å²) in [7, 11) is 0. The second-order valence-corrected chi connectivity index (χ2v) is 5.56. The van der Waals surface area contributed by atoms with Gasteiger partial charge in [-0.2, -0.15) is 0 Å². The molecule has 0 aliphatic rings. The van der Waals surface area contributed by atoms with Crippen LogP contribution >= 0.6 is 0 Å². The second-order valence-electron chi connectivity index (χ2n) is 5.56. The predicted octanol–water partition coefficient (Wildman–Crippen LogP) is 1.07. The van der Waals surface area contributed by atoms with Crippen molar-refractivity contribution in [1.82, 2.24) is 5.32 Å². The number of ether oxygens (including phenoxy) is 2. The number of rotatable bonds is 10. The molecule has 0 aromatic heterocycles. The van der Waals surface area contributed by atoms with E-state index >= 15 is 0 Å². The van der Waals surface area contributed by atoms with Crippen LogP contribution in [0.15, 0.2) is 24.3 Å². The number of nitrogens with one attached hydrogen (secondary N) is 1. The Bertz CT molecular complexity index is 692. The summed E-state index contributed by atoms with van der Waals surface area (Å²) in [5.74, 6) is -5.99. The van der Waals surface area contributed by atoms with E-state index in [2.05, 4.69) is 5.32 Å². The third-order valence-corrected chi connectivity index (χ3v) is 3.52. The molecule has 0 unspecified atom stereocenters. The van der Waals surface area contributed by atoms with Gasteiger partial charge in [-0.15, -0.1) is 0 Å². The average molecular weight is 383 g/mol. The van der Waals surface area contributed by atoms with Gasteiger partial charge in [0.1, 0.15) is 11.9 Å². The third kappa shape index (κ3) is 7.43. The van der Waals surface area contributed by atoms with Gasteiger partial charge in [-0.1, -0.05) is 12.1 Å². The van der Waals surface area contributed by atoms with Gasteiger partial charge in [-0.25, -0.2) is 9.18 Å². The first-order valence-electron chi connectivity index (χ1n) is 8.37. The second kappa shape index (κ2) is 10.9. The molecule has 1 aromatic carbocycles. The zero-order valence-corrected chi connectivity index (χ0v) is 15.1. The Balaban J connectivity index is 2.94. The van der Waals surface area contributed by atoms with E-state index in [4.69, 9.17) is 9.47 Å².